The average Bonchev–Trinajstić information content (AvgIpc) is 2.60. The first-order valence-electron chi connectivity index (χ1n) is 7.13. The number of allylic oxidation sites excluding steroid dienone is 1. The Bertz CT molecular complexity index is 718. The van der Waals surface area contributed by atoms with Crippen molar-refractivity contribution in [1.29, 1.82) is 0 Å². The first-order chi connectivity index (χ1) is 11.3. The van der Waals surface area contributed by atoms with Crippen LogP contribution in [-0.2, 0) is 6.42 Å². The summed E-state index contributed by atoms with van der Waals surface area (Å²) in [5.74, 6) is 6.19. The van der Waals surface area contributed by atoms with Gasteiger partial charge in [0.25, 0.3) is 5.91 Å². The Balaban J connectivity index is 1.76. The third kappa shape index (κ3) is 5.29. The van der Waals surface area contributed by atoms with Crippen molar-refractivity contribution in [2.45, 2.75) is 6.42 Å². The molecule has 0 aliphatic rings. The van der Waals surface area contributed by atoms with Crippen LogP contribution in [0.15, 0.2) is 55.5 Å². The lowest BCUT2D eigenvalue weighted by Gasteiger charge is -2.07. The second-order valence-corrected chi connectivity index (χ2v) is 4.52. The zero-order valence-electron chi connectivity index (χ0n) is 12.7. The van der Waals surface area contributed by atoms with Gasteiger partial charge in [0.1, 0.15) is 18.1 Å². The molecule has 0 spiro atoms. The summed E-state index contributed by atoms with van der Waals surface area (Å²) < 4.78 is 5.62. The second-order valence-electron chi connectivity index (χ2n) is 4.52. The summed E-state index contributed by atoms with van der Waals surface area (Å²) in [7, 11) is 0. The first-order valence-corrected chi connectivity index (χ1v) is 7.13. The van der Waals surface area contributed by atoms with Crippen LogP contribution in [0, 0.1) is 11.8 Å². The van der Waals surface area contributed by atoms with Gasteiger partial charge in [-0.1, -0.05) is 36.1 Å². The molecule has 1 aromatic carbocycles. The number of ether oxygens (including phenoxy) is 1. The van der Waals surface area contributed by atoms with Gasteiger partial charge in [0.2, 0.25) is 0 Å². The lowest BCUT2D eigenvalue weighted by molar-refractivity contribution is 0.0953. The Morgan fingerprint density at radius 3 is 2.96 bits per heavy atom. The van der Waals surface area contributed by atoms with Crippen molar-refractivity contribution in [3.8, 4) is 17.6 Å². The molecule has 23 heavy (non-hydrogen) atoms. The van der Waals surface area contributed by atoms with Crippen molar-refractivity contribution in [3.05, 3.63) is 66.8 Å². The monoisotopic (exact) mass is 307 g/mol. The molecular weight excluding hydrogens is 290 g/mol. The van der Waals surface area contributed by atoms with Crippen LogP contribution in [0.5, 0.6) is 5.75 Å². The van der Waals surface area contributed by atoms with Crippen molar-refractivity contribution in [2.24, 2.45) is 0 Å². The molecule has 0 atom stereocenters. The highest BCUT2D eigenvalue weighted by atomic mass is 16.5. The molecule has 2 aromatic rings. The molecule has 5 nitrogen and oxygen atoms in total. The number of para-hydroxylation sites is 1. The minimum Gasteiger partial charge on any atom is -0.481 e. The standard InChI is InChI=1S/C18H17N3O2/c1-2-7-15-8-3-4-9-17(15)23-13-6-5-10-21-18(22)16-14-19-11-12-20-16/h2-4,8-9,11-12,14H,1,7,10,13H2,(H,21,22). The average molecular weight is 307 g/mol. The molecule has 0 radical (unpaired) electrons. The van der Waals surface area contributed by atoms with Gasteiger partial charge in [-0.25, -0.2) is 4.98 Å². The van der Waals surface area contributed by atoms with Crippen LogP contribution in [0.25, 0.3) is 0 Å². The van der Waals surface area contributed by atoms with Crippen molar-refractivity contribution in [2.75, 3.05) is 13.2 Å². The van der Waals surface area contributed by atoms with Crippen LogP contribution >= 0.6 is 0 Å². The fourth-order valence-electron chi connectivity index (χ4n) is 1.83. The largest absolute Gasteiger partial charge is 0.481 e. The van der Waals surface area contributed by atoms with Crippen LogP contribution in [0.4, 0.5) is 0 Å². The number of nitrogens with one attached hydrogen (secondary N) is 1. The summed E-state index contributed by atoms with van der Waals surface area (Å²) in [6.45, 7) is 4.21. The molecule has 1 amide bonds. The smallest absolute Gasteiger partial charge is 0.272 e. The molecule has 116 valence electrons. The van der Waals surface area contributed by atoms with E-state index in [2.05, 4.69) is 33.7 Å². The molecule has 0 saturated heterocycles. The number of hydrogen-bond donors (Lipinski definition) is 1. The third-order valence-electron chi connectivity index (χ3n) is 2.89. The molecule has 0 aliphatic heterocycles. The Morgan fingerprint density at radius 2 is 2.17 bits per heavy atom. The normalized spacial score (nSPS) is 9.39. The number of amides is 1. The highest BCUT2D eigenvalue weighted by Crippen LogP contribution is 2.18. The molecule has 0 saturated carbocycles. The molecule has 1 heterocycles. The van der Waals surface area contributed by atoms with E-state index in [4.69, 9.17) is 4.74 Å². The molecule has 0 fully saturated rings. The molecule has 1 N–H and O–H groups in total. The molecule has 1 aromatic heterocycles. The Kier molecular flexibility index (Phi) is 6.36. The minimum absolute atomic E-state index is 0.229. The quantitative estimate of drug-likeness (QED) is 0.655. The van der Waals surface area contributed by atoms with E-state index in [-0.39, 0.29) is 24.8 Å². The fourth-order valence-corrected chi connectivity index (χ4v) is 1.83. The minimum atomic E-state index is -0.301. The predicted octanol–water partition coefficient (Wildman–Crippen LogP) is 2.02. The summed E-state index contributed by atoms with van der Waals surface area (Å²) in [4.78, 5) is 19.4. The van der Waals surface area contributed by atoms with Gasteiger partial charge in [-0.3, -0.25) is 9.78 Å². The fraction of sp³-hybridized carbons (Fsp3) is 0.167. The van der Waals surface area contributed by atoms with Crippen molar-refractivity contribution in [1.82, 2.24) is 15.3 Å². The predicted molar refractivity (Wildman–Crippen MR) is 88.0 cm³/mol. The van der Waals surface area contributed by atoms with E-state index in [1.165, 1.54) is 18.6 Å². The summed E-state index contributed by atoms with van der Waals surface area (Å²) in [6, 6.07) is 7.76. The molecule has 2 rings (SSSR count). The summed E-state index contributed by atoms with van der Waals surface area (Å²) in [6.07, 6.45) is 6.96. The molecule has 0 aliphatic carbocycles. The number of rotatable bonds is 6. The zero-order valence-corrected chi connectivity index (χ0v) is 12.7. The van der Waals surface area contributed by atoms with Gasteiger partial charge in [-0.2, -0.15) is 0 Å². The molecular formula is C18H17N3O2. The number of aromatic nitrogens is 2. The van der Waals surface area contributed by atoms with Gasteiger partial charge in [0.05, 0.1) is 12.7 Å². The summed E-state index contributed by atoms with van der Waals surface area (Å²) in [5, 5.41) is 2.65. The van der Waals surface area contributed by atoms with Crippen molar-refractivity contribution in [3.63, 3.8) is 0 Å². The maximum atomic E-state index is 11.7. The number of hydrogen-bond acceptors (Lipinski definition) is 4. The second kappa shape index (κ2) is 9.00. The maximum absolute atomic E-state index is 11.7. The lowest BCUT2D eigenvalue weighted by Crippen LogP contribution is -2.24. The topological polar surface area (TPSA) is 64.1 Å². The molecule has 0 unspecified atom stereocenters. The van der Waals surface area contributed by atoms with E-state index >= 15 is 0 Å². The van der Waals surface area contributed by atoms with E-state index < -0.39 is 0 Å². The van der Waals surface area contributed by atoms with Crippen LogP contribution < -0.4 is 10.1 Å². The van der Waals surface area contributed by atoms with Gasteiger partial charge in [-0.05, 0) is 18.1 Å². The lowest BCUT2D eigenvalue weighted by atomic mass is 10.1. The van der Waals surface area contributed by atoms with Gasteiger partial charge in [0.15, 0.2) is 0 Å². The third-order valence-corrected chi connectivity index (χ3v) is 2.89. The maximum Gasteiger partial charge on any atom is 0.272 e. The Labute approximate surface area is 135 Å². The molecule has 0 bridgehead atoms. The van der Waals surface area contributed by atoms with Crippen LogP contribution in [-0.4, -0.2) is 29.0 Å². The highest BCUT2D eigenvalue weighted by Gasteiger charge is 2.04. The first kappa shape index (κ1) is 16.2. The van der Waals surface area contributed by atoms with E-state index in [1.54, 1.807) is 0 Å². The van der Waals surface area contributed by atoms with Gasteiger partial charge in [0, 0.05) is 12.4 Å². The number of benzene rings is 1. The van der Waals surface area contributed by atoms with Crippen LogP contribution in [0.3, 0.4) is 0 Å². The van der Waals surface area contributed by atoms with E-state index in [0.717, 1.165) is 17.7 Å². The van der Waals surface area contributed by atoms with E-state index in [0.29, 0.717) is 0 Å². The van der Waals surface area contributed by atoms with Gasteiger partial charge < -0.3 is 10.1 Å². The number of nitrogens with zero attached hydrogens (tertiary/aromatic N) is 2. The highest BCUT2D eigenvalue weighted by molar-refractivity contribution is 5.91. The van der Waals surface area contributed by atoms with Crippen molar-refractivity contribution >= 4 is 5.91 Å². The number of carbonyl (C=O) groups is 1. The summed E-state index contributed by atoms with van der Waals surface area (Å²) in [5.41, 5.74) is 1.34. The Morgan fingerprint density at radius 1 is 1.30 bits per heavy atom. The van der Waals surface area contributed by atoms with Crippen molar-refractivity contribution < 1.29 is 9.53 Å². The Hall–Kier alpha value is -3.13. The van der Waals surface area contributed by atoms with Crippen LogP contribution in [0.2, 0.25) is 0 Å². The summed E-state index contributed by atoms with van der Waals surface area (Å²) >= 11 is 0. The van der Waals surface area contributed by atoms with E-state index in [1.807, 2.05) is 30.3 Å². The van der Waals surface area contributed by atoms with Crippen LogP contribution in [0.1, 0.15) is 16.1 Å². The van der Waals surface area contributed by atoms with Gasteiger partial charge >= 0.3 is 0 Å². The molecule has 5 heteroatoms. The zero-order chi connectivity index (χ0) is 16.3. The number of carbonyl (C=O) groups excluding carboxylic acids is 1. The SMILES string of the molecule is C=CCc1ccccc1OCC#CCNC(=O)c1cnccn1. The van der Waals surface area contributed by atoms with Gasteiger partial charge in [-0.15, -0.1) is 6.58 Å². The van der Waals surface area contributed by atoms with E-state index in [9.17, 15) is 4.79 Å².